The summed E-state index contributed by atoms with van der Waals surface area (Å²) in [6.45, 7) is 4.13. The van der Waals surface area contributed by atoms with Crippen LogP contribution in [0.3, 0.4) is 0 Å². The summed E-state index contributed by atoms with van der Waals surface area (Å²) in [5.74, 6) is 0. The Morgan fingerprint density at radius 1 is 1.39 bits per heavy atom. The van der Waals surface area contributed by atoms with E-state index in [9.17, 15) is 8.42 Å². The fourth-order valence-corrected chi connectivity index (χ4v) is 4.66. The molecule has 0 radical (unpaired) electrons. The average Bonchev–Trinajstić information content (AvgIpc) is 2.38. The van der Waals surface area contributed by atoms with Crippen molar-refractivity contribution in [2.45, 2.75) is 38.6 Å². The van der Waals surface area contributed by atoms with Crippen LogP contribution in [0.25, 0.3) is 0 Å². The zero-order chi connectivity index (χ0) is 13.2. The van der Waals surface area contributed by atoms with E-state index >= 15 is 0 Å². The molecule has 2 N–H and O–H groups in total. The molecule has 2 aliphatic rings. The fraction of sp³-hybridized carbons (Fsp3) is 0.833. The van der Waals surface area contributed by atoms with Crippen LogP contribution in [0.15, 0.2) is 11.6 Å². The third kappa shape index (κ3) is 2.77. The molecule has 104 valence electrons. The number of rotatable bonds is 3. The monoisotopic (exact) mass is 273 g/mol. The van der Waals surface area contributed by atoms with Gasteiger partial charge in [0.25, 0.3) is 10.2 Å². The molecular weight excluding hydrogens is 250 g/mol. The van der Waals surface area contributed by atoms with Crippen LogP contribution in [0.4, 0.5) is 0 Å². The average molecular weight is 273 g/mol. The van der Waals surface area contributed by atoms with Crippen molar-refractivity contribution in [1.82, 2.24) is 8.61 Å². The Hall–Kier alpha value is -0.430. The lowest BCUT2D eigenvalue weighted by Crippen LogP contribution is -2.53. The van der Waals surface area contributed by atoms with Crippen molar-refractivity contribution in [2.75, 3.05) is 26.2 Å². The third-order valence-electron chi connectivity index (χ3n) is 3.76. The van der Waals surface area contributed by atoms with Gasteiger partial charge in [-0.25, -0.2) is 0 Å². The maximum atomic E-state index is 12.6. The van der Waals surface area contributed by atoms with Gasteiger partial charge >= 0.3 is 0 Å². The summed E-state index contributed by atoms with van der Waals surface area (Å²) in [6.07, 6.45) is 5.83. The molecule has 1 fully saturated rings. The summed E-state index contributed by atoms with van der Waals surface area (Å²) in [5, 5.41) is 0. The summed E-state index contributed by atoms with van der Waals surface area (Å²) in [7, 11) is -3.33. The third-order valence-corrected chi connectivity index (χ3v) is 5.80. The molecule has 0 bridgehead atoms. The van der Waals surface area contributed by atoms with Crippen LogP contribution in [-0.4, -0.2) is 49.2 Å². The molecule has 0 aromatic heterocycles. The zero-order valence-corrected chi connectivity index (χ0v) is 11.8. The highest BCUT2D eigenvalue weighted by Crippen LogP contribution is 2.24. The van der Waals surface area contributed by atoms with E-state index in [1.165, 1.54) is 0 Å². The first kappa shape index (κ1) is 14.0. The van der Waals surface area contributed by atoms with E-state index in [1.54, 1.807) is 8.61 Å². The molecule has 2 rings (SSSR count). The standard InChI is InChI=1S/C12H23N3O2S/c1-11-5-4-7-14(10-11)18(16,17)15-8-3-2-6-12(15)9-13/h5,12H,2-4,6-10,13H2,1H3. The summed E-state index contributed by atoms with van der Waals surface area (Å²) in [6, 6.07) is -0.0186. The molecule has 0 aromatic rings. The Labute approximate surface area is 110 Å². The summed E-state index contributed by atoms with van der Waals surface area (Å²) >= 11 is 0. The summed E-state index contributed by atoms with van der Waals surface area (Å²) in [5.41, 5.74) is 6.84. The Morgan fingerprint density at radius 2 is 2.17 bits per heavy atom. The van der Waals surface area contributed by atoms with Crippen LogP contribution < -0.4 is 5.73 Å². The van der Waals surface area contributed by atoms with Gasteiger partial charge in [0.2, 0.25) is 0 Å². The summed E-state index contributed by atoms with van der Waals surface area (Å²) in [4.78, 5) is 0. The molecule has 2 heterocycles. The first-order valence-electron chi connectivity index (χ1n) is 6.68. The van der Waals surface area contributed by atoms with Crippen molar-refractivity contribution in [2.24, 2.45) is 5.73 Å². The van der Waals surface area contributed by atoms with E-state index in [4.69, 9.17) is 5.73 Å². The highest BCUT2D eigenvalue weighted by molar-refractivity contribution is 7.86. The van der Waals surface area contributed by atoms with Gasteiger partial charge < -0.3 is 5.73 Å². The van der Waals surface area contributed by atoms with Gasteiger partial charge in [-0.05, 0) is 26.2 Å². The van der Waals surface area contributed by atoms with Crippen molar-refractivity contribution >= 4 is 10.2 Å². The molecule has 6 heteroatoms. The fourth-order valence-electron chi connectivity index (χ4n) is 2.74. The van der Waals surface area contributed by atoms with Gasteiger partial charge in [-0.15, -0.1) is 0 Å². The van der Waals surface area contributed by atoms with E-state index in [0.29, 0.717) is 26.2 Å². The molecule has 0 saturated carbocycles. The maximum absolute atomic E-state index is 12.6. The Bertz CT molecular complexity index is 419. The lowest BCUT2D eigenvalue weighted by molar-refractivity contribution is 0.236. The zero-order valence-electron chi connectivity index (χ0n) is 11.0. The minimum absolute atomic E-state index is 0.0186. The first-order chi connectivity index (χ1) is 8.55. The SMILES string of the molecule is CC1=CCCN(S(=O)(=O)N2CCCCC2CN)C1. The predicted molar refractivity (Wildman–Crippen MR) is 72.3 cm³/mol. The van der Waals surface area contributed by atoms with E-state index in [1.807, 2.05) is 6.92 Å². The van der Waals surface area contributed by atoms with Crippen molar-refractivity contribution < 1.29 is 8.42 Å². The molecule has 1 unspecified atom stereocenters. The van der Waals surface area contributed by atoms with E-state index in [2.05, 4.69) is 6.08 Å². The molecule has 1 saturated heterocycles. The van der Waals surface area contributed by atoms with E-state index in [-0.39, 0.29) is 6.04 Å². The Kier molecular flexibility index (Phi) is 4.42. The first-order valence-corrected chi connectivity index (χ1v) is 8.08. The van der Waals surface area contributed by atoms with Crippen LogP contribution in [-0.2, 0) is 10.2 Å². The van der Waals surface area contributed by atoms with Crippen molar-refractivity contribution in [3.63, 3.8) is 0 Å². The summed E-state index contributed by atoms with van der Waals surface area (Å²) < 4.78 is 28.5. The van der Waals surface area contributed by atoms with E-state index in [0.717, 1.165) is 31.3 Å². The minimum atomic E-state index is -3.33. The lowest BCUT2D eigenvalue weighted by Gasteiger charge is -2.38. The molecule has 0 spiro atoms. The number of piperidine rings is 1. The van der Waals surface area contributed by atoms with Gasteiger partial charge in [-0.1, -0.05) is 18.1 Å². The number of hydrogen-bond donors (Lipinski definition) is 1. The van der Waals surface area contributed by atoms with Crippen molar-refractivity contribution in [3.8, 4) is 0 Å². The second-order valence-electron chi connectivity index (χ2n) is 5.18. The van der Waals surface area contributed by atoms with Gasteiger partial charge in [0.1, 0.15) is 0 Å². The van der Waals surface area contributed by atoms with Crippen molar-refractivity contribution in [3.05, 3.63) is 11.6 Å². The van der Waals surface area contributed by atoms with Crippen LogP contribution in [0.5, 0.6) is 0 Å². The van der Waals surface area contributed by atoms with Crippen LogP contribution in [0.1, 0.15) is 32.6 Å². The smallest absolute Gasteiger partial charge is 0.282 e. The number of nitrogens with zero attached hydrogens (tertiary/aromatic N) is 2. The molecule has 0 aliphatic carbocycles. The van der Waals surface area contributed by atoms with Gasteiger partial charge in [0.05, 0.1) is 0 Å². The van der Waals surface area contributed by atoms with Gasteiger partial charge in [-0.3, -0.25) is 0 Å². The Morgan fingerprint density at radius 3 is 2.83 bits per heavy atom. The molecule has 2 aliphatic heterocycles. The Balaban J connectivity index is 2.16. The molecule has 1 atom stereocenters. The van der Waals surface area contributed by atoms with Crippen LogP contribution in [0.2, 0.25) is 0 Å². The quantitative estimate of drug-likeness (QED) is 0.770. The molecule has 5 nitrogen and oxygen atoms in total. The predicted octanol–water partition coefficient (Wildman–Crippen LogP) is 0.696. The normalized spacial score (nSPS) is 28.1. The highest BCUT2D eigenvalue weighted by Gasteiger charge is 2.36. The largest absolute Gasteiger partial charge is 0.329 e. The molecule has 18 heavy (non-hydrogen) atoms. The van der Waals surface area contributed by atoms with Gasteiger partial charge in [0, 0.05) is 32.2 Å². The second kappa shape index (κ2) is 5.69. The molecule has 0 aromatic carbocycles. The minimum Gasteiger partial charge on any atom is -0.329 e. The number of nitrogens with two attached hydrogens (primary N) is 1. The van der Waals surface area contributed by atoms with E-state index < -0.39 is 10.2 Å². The second-order valence-corrected chi connectivity index (χ2v) is 7.06. The molecular formula is C12H23N3O2S. The lowest BCUT2D eigenvalue weighted by atomic mass is 10.1. The highest BCUT2D eigenvalue weighted by atomic mass is 32.2. The maximum Gasteiger partial charge on any atom is 0.282 e. The van der Waals surface area contributed by atoms with Crippen LogP contribution >= 0.6 is 0 Å². The topological polar surface area (TPSA) is 66.6 Å². The molecule has 0 amide bonds. The van der Waals surface area contributed by atoms with Crippen molar-refractivity contribution in [1.29, 1.82) is 0 Å². The van der Waals surface area contributed by atoms with Gasteiger partial charge in [0.15, 0.2) is 0 Å². The van der Waals surface area contributed by atoms with Gasteiger partial charge in [-0.2, -0.15) is 17.0 Å². The van der Waals surface area contributed by atoms with Crippen LogP contribution in [0, 0.1) is 0 Å². The number of hydrogen-bond acceptors (Lipinski definition) is 3.